The first-order chi connectivity index (χ1) is 29.9. The highest BCUT2D eigenvalue weighted by atomic mass is 15.0. The van der Waals surface area contributed by atoms with E-state index in [0.717, 1.165) is 33.4 Å². The second kappa shape index (κ2) is 15.6. The predicted molar refractivity (Wildman–Crippen MR) is 255 cm³/mol. The normalized spacial score (nSPS) is 12.5. The topological polar surface area (TPSA) is 43.6 Å². The molecular formula is C57H46N4. The Hall–Kier alpha value is -7.43. The highest BCUT2D eigenvalue weighted by Gasteiger charge is 2.35. The second-order valence-corrected chi connectivity index (χ2v) is 16.4. The van der Waals surface area contributed by atoms with Gasteiger partial charge in [-0.1, -0.05) is 198 Å². The molecular weight excluding hydrogens is 741 g/mol. The lowest BCUT2D eigenvalue weighted by atomic mass is 9.81. The van der Waals surface area contributed by atoms with Crippen molar-refractivity contribution in [2.75, 3.05) is 0 Å². The maximum Gasteiger partial charge on any atom is 0.164 e. The van der Waals surface area contributed by atoms with E-state index in [-0.39, 0.29) is 5.41 Å². The SMILES string of the molecule is CC1(C)c2ccccc2-c2ccc(-c3cccc(-c4cccc5c6ccccc6n(-c6cccc(-c7nc(-c8ccccc8)nc(-c8ccccc8)n7)c6)c45)c3)cc21.CCC. The zero-order valence-corrected chi connectivity index (χ0v) is 35.0. The van der Waals surface area contributed by atoms with Gasteiger partial charge >= 0.3 is 0 Å². The first-order valence-electron chi connectivity index (χ1n) is 21.3. The Morgan fingerprint density at radius 3 is 1.64 bits per heavy atom. The third kappa shape index (κ3) is 6.71. The molecule has 11 rings (SSSR count). The van der Waals surface area contributed by atoms with Crippen LogP contribution in [-0.4, -0.2) is 19.5 Å². The molecule has 0 spiro atoms. The van der Waals surface area contributed by atoms with Crippen molar-refractivity contribution < 1.29 is 0 Å². The average Bonchev–Trinajstić information content (AvgIpc) is 3.78. The average molecular weight is 787 g/mol. The van der Waals surface area contributed by atoms with Crippen molar-refractivity contribution in [3.8, 4) is 73.2 Å². The van der Waals surface area contributed by atoms with Gasteiger partial charge in [0.05, 0.1) is 11.0 Å². The van der Waals surface area contributed by atoms with Crippen LogP contribution >= 0.6 is 0 Å². The smallest absolute Gasteiger partial charge is 0.164 e. The van der Waals surface area contributed by atoms with Crippen molar-refractivity contribution in [2.45, 2.75) is 39.5 Å². The number of fused-ring (bicyclic) bond motifs is 6. The van der Waals surface area contributed by atoms with Crippen LogP contribution in [0.1, 0.15) is 45.2 Å². The van der Waals surface area contributed by atoms with Crippen LogP contribution in [-0.2, 0) is 5.41 Å². The second-order valence-electron chi connectivity index (χ2n) is 16.4. The van der Waals surface area contributed by atoms with Crippen molar-refractivity contribution in [3.63, 3.8) is 0 Å². The van der Waals surface area contributed by atoms with Gasteiger partial charge < -0.3 is 4.57 Å². The number of rotatable bonds is 6. The fraction of sp³-hybridized carbons (Fsp3) is 0.105. The molecule has 1 aliphatic carbocycles. The fourth-order valence-corrected chi connectivity index (χ4v) is 8.99. The Morgan fingerprint density at radius 2 is 0.902 bits per heavy atom. The summed E-state index contributed by atoms with van der Waals surface area (Å²) in [5.74, 6) is 1.92. The molecule has 0 amide bonds. The highest BCUT2D eigenvalue weighted by Crippen LogP contribution is 2.50. The number of para-hydroxylation sites is 2. The van der Waals surface area contributed by atoms with Gasteiger partial charge in [-0.05, 0) is 69.3 Å². The summed E-state index contributed by atoms with van der Waals surface area (Å²) in [5, 5.41) is 2.41. The molecule has 0 unspecified atom stereocenters. The highest BCUT2D eigenvalue weighted by molar-refractivity contribution is 6.14. The Balaban J connectivity index is 0.00000144. The Bertz CT molecular complexity index is 3160. The summed E-state index contributed by atoms with van der Waals surface area (Å²) in [6.45, 7) is 8.94. The Morgan fingerprint density at radius 1 is 0.393 bits per heavy atom. The summed E-state index contributed by atoms with van der Waals surface area (Å²) in [6.07, 6.45) is 1.25. The van der Waals surface area contributed by atoms with Crippen molar-refractivity contribution in [1.29, 1.82) is 0 Å². The number of hydrogen-bond acceptors (Lipinski definition) is 3. The van der Waals surface area contributed by atoms with Crippen molar-refractivity contribution in [3.05, 3.63) is 205 Å². The molecule has 2 aromatic heterocycles. The molecule has 4 heteroatoms. The summed E-state index contributed by atoms with van der Waals surface area (Å²) in [6, 6.07) is 69.1. The summed E-state index contributed by atoms with van der Waals surface area (Å²) in [7, 11) is 0. The fourth-order valence-electron chi connectivity index (χ4n) is 8.99. The van der Waals surface area contributed by atoms with Crippen LogP contribution in [0.3, 0.4) is 0 Å². The van der Waals surface area contributed by atoms with Gasteiger partial charge in [-0.15, -0.1) is 0 Å². The lowest BCUT2D eigenvalue weighted by molar-refractivity contribution is 0.660. The summed E-state index contributed by atoms with van der Waals surface area (Å²) < 4.78 is 2.41. The van der Waals surface area contributed by atoms with Crippen molar-refractivity contribution >= 4 is 21.8 Å². The molecule has 61 heavy (non-hydrogen) atoms. The molecule has 0 saturated heterocycles. The standard InChI is InChI=1S/C54H38N4.C3H8/c1-54(2)47-28-11-9-24-43(47)44-31-30-38(34-48(44)54)37-20-13-21-39(32-37)42-26-15-27-46-45-25-10-12-29-49(45)58(50(42)46)41-23-14-22-40(33-41)53-56-51(35-16-5-3-6-17-35)55-52(57-53)36-18-7-4-8-19-36;1-3-2/h3-34H,1-2H3;3H2,1-2H3. The molecule has 1 aliphatic rings. The number of aromatic nitrogens is 4. The zero-order valence-electron chi connectivity index (χ0n) is 35.0. The molecule has 0 aliphatic heterocycles. The van der Waals surface area contributed by atoms with Gasteiger partial charge in [0.15, 0.2) is 17.5 Å². The van der Waals surface area contributed by atoms with E-state index < -0.39 is 0 Å². The summed E-state index contributed by atoms with van der Waals surface area (Å²) in [5.41, 5.74) is 16.3. The number of nitrogens with zero attached hydrogens (tertiary/aromatic N) is 4. The van der Waals surface area contributed by atoms with Gasteiger partial charge in [-0.2, -0.15) is 0 Å². The lowest BCUT2D eigenvalue weighted by Gasteiger charge is -2.22. The third-order valence-corrected chi connectivity index (χ3v) is 11.8. The van der Waals surface area contributed by atoms with E-state index in [4.69, 9.17) is 15.0 Å². The van der Waals surface area contributed by atoms with Gasteiger partial charge in [-0.3, -0.25) is 0 Å². The predicted octanol–water partition coefficient (Wildman–Crippen LogP) is 15.0. The molecule has 0 saturated carbocycles. The van der Waals surface area contributed by atoms with E-state index in [9.17, 15) is 0 Å². The summed E-state index contributed by atoms with van der Waals surface area (Å²) >= 11 is 0. The van der Waals surface area contributed by atoms with Crippen LogP contribution in [0.15, 0.2) is 194 Å². The Kier molecular flexibility index (Phi) is 9.69. The molecule has 2 heterocycles. The first-order valence-corrected chi connectivity index (χ1v) is 21.3. The van der Waals surface area contributed by atoms with Gasteiger partial charge in [0.2, 0.25) is 0 Å². The van der Waals surface area contributed by atoms with Crippen LogP contribution in [0.2, 0.25) is 0 Å². The Labute approximate surface area is 357 Å². The molecule has 0 N–H and O–H groups in total. The minimum absolute atomic E-state index is 0.0614. The van der Waals surface area contributed by atoms with Crippen LogP contribution < -0.4 is 0 Å². The number of benzene rings is 8. The summed E-state index contributed by atoms with van der Waals surface area (Å²) in [4.78, 5) is 15.1. The molecule has 0 bridgehead atoms. The van der Waals surface area contributed by atoms with Gasteiger partial charge in [0.25, 0.3) is 0 Å². The van der Waals surface area contributed by atoms with Gasteiger partial charge in [0.1, 0.15) is 0 Å². The van der Waals surface area contributed by atoms with Crippen LogP contribution in [0.25, 0.3) is 95.0 Å². The van der Waals surface area contributed by atoms with E-state index >= 15 is 0 Å². The molecule has 0 radical (unpaired) electrons. The number of hydrogen-bond donors (Lipinski definition) is 0. The molecule has 8 aromatic carbocycles. The largest absolute Gasteiger partial charge is 0.309 e. The van der Waals surface area contributed by atoms with Crippen molar-refractivity contribution in [1.82, 2.24) is 19.5 Å². The first kappa shape index (κ1) is 37.8. The maximum atomic E-state index is 5.06. The molecule has 4 nitrogen and oxygen atoms in total. The van der Waals surface area contributed by atoms with Crippen LogP contribution in [0.4, 0.5) is 0 Å². The molecule has 0 fully saturated rings. The van der Waals surface area contributed by atoms with Gasteiger partial charge in [-0.25, -0.2) is 15.0 Å². The van der Waals surface area contributed by atoms with E-state index in [1.165, 1.54) is 61.7 Å². The minimum Gasteiger partial charge on any atom is -0.309 e. The van der Waals surface area contributed by atoms with E-state index in [1.54, 1.807) is 0 Å². The monoisotopic (exact) mass is 786 g/mol. The lowest BCUT2D eigenvalue weighted by Crippen LogP contribution is -2.14. The van der Waals surface area contributed by atoms with Crippen molar-refractivity contribution in [2.24, 2.45) is 0 Å². The van der Waals surface area contributed by atoms with E-state index in [2.05, 4.69) is 166 Å². The zero-order chi connectivity index (χ0) is 41.5. The van der Waals surface area contributed by atoms with E-state index in [1.807, 2.05) is 60.7 Å². The molecule has 10 aromatic rings. The molecule has 0 atom stereocenters. The third-order valence-electron chi connectivity index (χ3n) is 11.8. The van der Waals surface area contributed by atoms with Gasteiger partial charge in [0, 0.05) is 44.1 Å². The quantitative estimate of drug-likeness (QED) is 0.169. The molecule has 294 valence electrons. The maximum absolute atomic E-state index is 5.06. The van der Waals surface area contributed by atoms with Crippen LogP contribution in [0.5, 0.6) is 0 Å². The minimum atomic E-state index is -0.0614. The van der Waals surface area contributed by atoms with Crippen LogP contribution in [0, 0.1) is 0 Å². The van der Waals surface area contributed by atoms with E-state index in [0.29, 0.717) is 17.5 Å².